The van der Waals surface area contributed by atoms with Gasteiger partial charge in [-0.3, -0.25) is 0 Å². The van der Waals surface area contributed by atoms with E-state index >= 15 is 0 Å². The zero-order chi connectivity index (χ0) is 13.0. The molecule has 0 amide bonds. The number of hydrogen-bond donors (Lipinski definition) is 1. The fraction of sp³-hybridized carbons (Fsp3) is 0.733. The van der Waals surface area contributed by atoms with Crippen LogP contribution in [0.3, 0.4) is 0 Å². The predicted octanol–water partition coefficient (Wildman–Crippen LogP) is 3.51. The van der Waals surface area contributed by atoms with Crippen LogP contribution in [0.15, 0.2) is 10.5 Å². The van der Waals surface area contributed by atoms with Gasteiger partial charge in [-0.1, -0.05) is 0 Å². The van der Waals surface area contributed by atoms with Crippen LogP contribution in [0, 0.1) is 13.8 Å². The second-order valence-electron chi connectivity index (χ2n) is 5.32. The van der Waals surface area contributed by atoms with E-state index in [1.165, 1.54) is 31.2 Å². The van der Waals surface area contributed by atoms with Crippen LogP contribution in [0.4, 0.5) is 0 Å². The Morgan fingerprint density at radius 3 is 2.89 bits per heavy atom. The van der Waals surface area contributed by atoms with Gasteiger partial charge >= 0.3 is 0 Å². The van der Waals surface area contributed by atoms with Crippen LogP contribution in [-0.2, 0) is 4.74 Å². The topological polar surface area (TPSA) is 34.4 Å². The van der Waals surface area contributed by atoms with Crippen molar-refractivity contribution < 1.29 is 9.15 Å². The quantitative estimate of drug-likeness (QED) is 0.786. The summed E-state index contributed by atoms with van der Waals surface area (Å²) in [6, 6.07) is 2.50. The first-order chi connectivity index (χ1) is 8.66. The van der Waals surface area contributed by atoms with Crippen molar-refractivity contribution >= 4 is 0 Å². The Kier molecular flexibility index (Phi) is 4.84. The molecule has 18 heavy (non-hydrogen) atoms. The SMILES string of the molecule is Cc1cc(C(C)NCCCC2CCCO2)c(C)o1. The first kappa shape index (κ1) is 13.6. The van der Waals surface area contributed by atoms with Crippen molar-refractivity contribution in [3.05, 3.63) is 23.2 Å². The van der Waals surface area contributed by atoms with Crippen LogP contribution < -0.4 is 5.32 Å². The van der Waals surface area contributed by atoms with Crippen LogP contribution in [0.1, 0.15) is 55.7 Å². The molecule has 1 aliphatic rings. The Morgan fingerprint density at radius 2 is 2.28 bits per heavy atom. The van der Waals surface area contributed by atoms with Crippen LogP contribution in [0.25, 0.3) is 0 Å². The van der Waals surface area contributed by atoms with Crippen molar-refractivity contribution in [3.8, 4) is 0 Å². The van der Waals surface area contributed by atoms with Crippen molar-refractivity contribution in [2.45, 2.75) is 58.6 Å². The fourth-order valence-corrected chi connectivity index (χ4v) is 2.71. The number of ether oxygens (including phenoxy) is 1. The average molecular weight is 251 g/mol. The van der Waals surface area contributed by atoms with Gasteiger partial charge in [-0.05, 0) is 59.1 Å². The average Bonchev–Trinajstić information content (AvgIpc) is 2.94. The molecule has 2 heterocycles. The molecular formula is C15H25NO2. The molecule has 2 rings (SSSR count). The molecule has 1 aromatic rings. The van der Waals surface area contributed by atoms with E-state index in [1.54, 1.807) is 0 Å². The van der Waals surface area contributed by atoms with Crippen molar-refractivity contribution in [1.82, 2.24) is 5.32 Å². The van der Waals surface area contributed by atoms with E-state index in [1.807, 2.05) is 13.8 Å². The smallest absolute Gasteiger partial charge is 0.105 e. The highest BCUT2D eigenvalue weighted by molar-refractivity contribution is 5.23. The summed E-state index contributed by atoms with van der Waals surface area (Å²) in [5.74, 6) is 2.03. The number of aryl methyl sites for hydroxylation is 2. The van der Waals surface area contributed by atoms with Gasteiger partial charge in [0.2, 0.25) is 0 Å². The second-order valence-corrected chi connectivity index (χ2v) is 5.32. The van der Waals surface area contributed by atoms with Gasteiger partial charge < -0.3 is 14.5 Å². The van der Waals surface area contributed by atoms with Gasteiger partial charge in [0.1, 0.15) is 11.5 Å². The summed E-state index contributed by atoms with van der Waals surface area (Å²) in [4.78, 5) is 0. The zero-order valence-corrected chi connectivity index (χ0v) is 11.8. The molecule has 1 N–H and O–H groups in total. The molecule has 1 aromatic heterocycles. The summed E-state index contributed by atoms with van der Waals surface area (Å²) in [5, 5.41) is 3.56. The van der Waals surface area contributed by atoms with E-state index in [-0.39, 0.29) is 0 Å². The largest absolute Gasteiger partial charge is 0.466 e. The van der Waals surface area contributed by atoms with Crippen LogP contribution >= 0.6 is 0 Å². The molecule has 0 aromatic carbocycles. The molecular weight excluding hydrogens is 226 g/mol. The number of furan rings is 1. The lowest BCUT2D eigenvalue weighted by Gasteiger charge is -2.14. The maximum atomic E-state index is 5.62. The maximum Gasteiger partial charge on any atom is 0.105 e. The minimum atomic E-state index is 0.368. The second kappa shape index (κ2) is 6.39. The lowest BCUT2D eigenvalue weighted by Crippen LogP contribution is -2.21. The summed E-state index contributed by atoms with van der Waals surface area (Å²) in [5.41, 5.74) is 1.28. The van der Waals surface area contributed by atoms with E-state index in [0.29, 0.717) is 12.1 Å². The Morgan fingerprint density at radius 1 is 1.44 bits per heavy atom. The third-order valence-electron chi connectivity index (χ3n) is 3.72. The normalized spacial score (nSPS) is 21.4. The molecule has 1 aliphatic heterocycles. The summed E-state index contributed by atoms with van der Waals surface area (Å²) in [6.45, 7) is 8.24. The molecule has 2 atom stereocenters. The molecule has 2 unspecified atom stereocenters. The number of nitrogens with one attached hydrogen (secondary N) is 1. The third-order valence-corrected chi connectivity index (χ3v) is 3.72. The van der Waals surface area contributed by atoms with Crippen molar-refractivity contribution in [1.29, 1.82) is 0 Å². The zero-order valence-electron chi connectivity index (χ0n) is 11.8. The Bertz CT molecular complexity index is 367. The number of hydrogen-bond acceptors (Lipinski definition) is 3. The molecule has 3 nitrogen and oxygen atoms in total. The monoisotopic (exact) mass is 251 g/mol. The molecule has 0 aliphatic carbocycles. The van der Waals surface area contributed by atoms with E-state index in [9.17, 15) is 0 Å². The third kappa shape index (κ3) is 3.59. The number of rotatable bonds is 6. The maximum absolute atomic E-state index is 5.62. The van der Waals surface area contributed by atoms with Crippen molar-refractivity contribution in [3.63, 3.8) is 0 Å². The molecule has 0 radical (unpaired) electrons. The van der Waals surface area contributed by atoms with E-state index in [0.717, 1.165) is 24.7 Å². The minimum Gasteiger partial charge on any atom is -0.466 e. The first-order valence-corrected chi connectivity index (χ1v) is 7.08. The molecule has 1 fully saturated rings. The van der Waals surface area contributed by atoms with Gasteiger partial charge in [0, 0.05) is 18.2 Å². The van der Waals surface area contributed by atoms with Crippen LogP contribution in [-0.4, -0.2) is 19.3 Å². The molecule has 0 saturated carbocycles. The summed E-state index contributed by atoms with van der Waals surface area (Å²) < 4.78 is 11.2. The van der Waals surface area contributed by atoms with E-state index in [4.69, 9.17) is 9.15 Å². The van der Waals surface area contributed by atoms with Gasteiger partial charge in [-0.25, -0.2) is 0 Å². The predicted molar refractivity (Wildman–Crippen MR) is 72.8 cm³/mol. The standard InChI is InChI=1S/C15H25NO2/c1-11-10-15(13(3)18-11)12(2)16-8-4-6-14-7-5-9-17-14/h10,12,14,16H,4-9H2,1-3H3. The highest BCUT2D eigenvalue weighted by atomic mass is 16.5. The van der Waals surface area contributed by atoms with Crippen molar-refractivity contribution in [2.75, 3.05) is 13.2 Å². The Labute approximate surface area is 110 Å². The van der Waals surface area contributed by atoms with Gasteiger partial charge in [0.15, 0.2) is 0 Å². The lowest BCUT2D eigenvalue weighted by molar-refractivity contribution is 0.102. The van der Waals surface area contributed by atoms with E-state index < -0.39 is 0 Å². The van der Waals surface area contributed by atoms with Gasteiger partial charge in [0.05, 0.1) is 6.10 Å². The van der Waals surface area contributed by atoms with E-state index in [2.05, 4.69) is 18.3 Å². The summed E-state index contributed by atoms with van der Waals surface area (Å²) in [6.07, 6.45) is 5.37. The van der Waals surface area contributed by atoms with Crippen LogP contribution in [0.2, 0.25) is 0 Å². The van der Waals surface area contributed by atoms with Gasteiger partial charge in [-0.2, -0.15) is 0 Å². The van der Waals surface area contributed by atoms with Gasteiger partial charge in [-0.15, -0.1) is 0 Å². The first-order valence-electron chi connectivity index (χ1n) is 7.08. The minimum absolute atomic E-state index is 0.368. The fourth-order valence-electron chi connectivity index (χ4n) is 2.71. The Hall–Kier alpha value is -0.800. The Balaban J connectivity index is 1.68. The molecule has 0 spiro atoms. The lowest BCUT2D eigenvalue weighted by atomic mass is 10.1. The van der Waals surface area contributed by atoms with Crippen LogP contribution in [0.5, 0.6) is 0 Å². The summed E-state index contributed by atoms with van der Waals surface area (Å²) in [7, 11) is 0. The van der Waals surface area contributed by atoms with Crippen molar-refractivity contribution in [2.24, 2.45) is 0 Å². The molecule has 102 valence electrons. The highest BCUT2D eigenvalue weighted by Gasteiger charge is 2.15. The highest BCUT2D eigenvalue weighted by Crippen LogP contribution is 2.21. The molecule has 1 saturated heterocycles. The summed E-state index contributed by atoms with van der Waals surface area (Å²) >= 11 is 0. The van der Waals surface area contributed by atoms with Gasteiger partial charge in [0.25, 0.3) is 0 Å². The molecule has 3 heteroatoms. The molecule has 0 bridgehead atoms.